The Kier molecular flexibility index (Phi) is 5.40. The van der Waals surface area contributed by atoms with E-state index in [1.54, 1.807) is 14.2 Å². The molecule has 0 saturated carbocycles. The largest absolute Gasteiger partial charge is 0.493 e. The quantitative estimate of drug-likeness (QED) is 0.836. The number of carbonyl (C=O) groups is 1. The molecule has 1 fully saturated rings. The number of hydrogen-bond acceptors (Lipinski definition) is 5. The molecule has 128 valence electrons. The van der Waals surface area contributed by atoms with Crippen LogP contribution >= 0.6 is 11.8 Å². The third-order valence-electron chi connectivity index (χ3n) is 3.60. The molecule has 1 saturated heterocycles. The van der Waals surface area contributed by atoms with Gasteiger partial charge >= 0.3 is 0 Å². The van der Waals surface area contributed by atoms with E-state index in [2.05, 4.69) is 10.3 Å². The van der Waals surface area contributed by atoms with Crippen LogP contribution < -0.4 is 14.8 Å². The number of thioether (sulfide) groups is 1. The molecule has 25 heavy (non-hydrogen) atoms. The van der Waals surface area contributed by atoms with Crippen molar-refractivity contribution >= 4 is 28.9 Å². The van der Waals surface area contributed by atoms with Crippen LogP contribution in [-0.4, -0.2) is 25.3 Å². The Bertz CT molecular complexity index is 832. The van der Waals surface area contributed by atoms with E-state index in [4.69, 9.17) is 9.47 Å². The van der Waals surface area contributed by atoms with E-state index in [-0.39, 0.29) is 5.91 Å². The molecule has 1 aliphatic rings. The number of rotatable bonds is 5. The summed E-state index contributed by atoms with van der Waals surface area (Å²) in [5, 5.41) is 3.41. The number of amides is 1. The van der Waals surface area contributed by atoms with Gasteiger partial charge in [0, 0.05) is 0 Å². The summed E-state index contributed by atoms with van der Waals surface area (Å²) in [6.45, 7) is 0.535. The second-order valence-electron chi connectivity index (χ2n) is 5.29. The molecule has 0 spiro atoms. The molecule has 0 atom stereocenters. The van der Waals surface area contributed by atoms with Gasteiger partial charge in [0.2, 0.25) is 0 Å². The lowest BCUT2D eigenvalue weighted by atomic mass is 10.2. The fraction of sp³-hybridized carbons (Fsp3) is 0.158. The maximum Gasteiger partial charge on any atom is 0.264 e. The molecule has 0 aliphatic carbocycles. The van der Waals surface area contributed by atoms with Gasteiger partial charge in [-0.3, -0.25) is 9.79 Å². The van der Waals surface area contributed by atoms with Gasteiger partial charge < -0.3 is 14.8 Å². The highest BCUT2D eigenvalue weighted by molar-refractivity contribution is 8.18. The van der Waals surface area contributed by atoms with Crippen LogP contribution in [0, 0.1) is 0 Å². The number of nitrogens with zero attached hydrogens (tertiary/aromatic N) is 1. The lowest BCUT2D eigenvalue weighted by Crippen LogP contribution is -2.19. The van der Waals surface area contributed by atoms with E-state index in [9.17, 15) is 4.79 Å². The minimum Gasteiger partial charge on any atom is -0.493 e. The van der Waals surface area contributed by atoms with Gasteiger partial charge in [-0.15, -0.1) is 0 Å². The van der Waals surface area contributed by atoms with Crippen LogP contribution in [0.1, 0.15) is 11.1 Å². The third-order valence-corrected chi connectivity index (χ3v) is 4.55. The molecule has 0 radical (unpaired) electrons. The van der Waals surface area contributed by atoms with Crippen molar-refractivity contribution in [2.45, 2.75) is 6.54 Å². The summed E-state index contributed by atoms with van der Waals surface area (Å²) in [5.74, 6) is 1.13. The Hall–Kier alpha value is -2.73. The van der Waals surface area contributed by atoms with Gasteiger partial charge in [-0.2, -0.15) is 0 Å². The number of methoxy groups -OCH3 is 2. The van der Waals surface area contributed by atoms with Gasteiger partial charge in [0.1, 0.15) is 0 Å². The summed E-state index contributed by atoms with van der Waals surface area (Å²) in [6.07, 6.45) is 1.81. The van der Waals surface area contributed by atoms with E-state index in [0.29, 0.717) is 28.1 Å². The highest BCUT2D eigenvalue weighted by Crippen LogP contribution is 2.31. The first-order valence-electron chi connectivity index (χ1n) is 7.71. The van der Waals surface area contributed by atoms with Crippen LogP contribution in [0.15, 0.2) is 58.4 Å². The van der Waals surface area contributed by atoms with Crippen LogP contribution in [0.5, 0.6) is 11.5 Å². The van der Waals surface area contributed by atoms with Crippen molar-refractivity contribution in [3.63, 3.8) is 0 Å². The van der Waals surface area contributed by atoms with Crippen molar-refractivity contribution in [2.75, 3.05) is 14.2 Å². The minimum absolute atomic E-state index is 0.147. The maximum absolute atomic E-state index is 12.1. The molecule has 3 rings (SSSR count). The molecular formula is C19H18N2O3S. The molecule has 2 aromatic carbocycles. The first-order valence-corrected chi connectivity index (χ1v) is 8.52. The highest BCUT2D eigenvalue weighted by Gasteiger charge is 2.23. The van der Waals surface area contributed by atoms with Gasteiger partial charge in [0.25, 0.3) is 5.91 Å². The van der Waals surface area contributed by atoms with Crippen molar-refractivity contribution in [3.8, 4) is 11.5 Å². The van der Waals surface area contributed by atoms with Crippen molar-refractivity contribution in [2.24, 2.45) is 4.99 Å². The van der Waals surface area contributed by atoms with Gasteiger partial charge in [0.05, 0.1) is 25.7 Å². The average molecular weight is 354 g/mol. The summed E-state index contributed by atoms with van der Waals surface area (Å²) < 4.78 is 10.5. The summed E-state index contributed by atoms with van der Waals surface area (Å²) in [7, 11) is 3.17. The van der Waals surface area contributed by atoms with E-state index >= 15 is 0 Å². The van der Waals surface area contributed by atoms with Crippen molar-refractivity contribution < 1.29 is 14.3 Å². The van der Waals surface area contributed by atoms with E-state index in [1.807, 2.05) is 54.6 Å². The molecule has 2 aromatic rings. The maximum atomic E-state index is 12.1. The lowest BCUT2D eigenvalue weighted by Gasteiger charge is -2.07. The molecule has 0 unspecified atom stereocenters. The van der Waals surface area contributed by atoms with Gasteiger partial charge in [0.15, 0.2) is 16.7 Å². The van der Waals surface area contributed by atoms with Crippen molar-refractivity contribution in [3.05, 3.63) is 64.6 Å². The average Bonchev–Trinajstić information content (AvgIpc) is 3.00. The van der Waals surface area contributed by atoms with Crippen molar-refractivity contribution in [1.29, 1.82) is 0 Å². The molecule has 5 nitrogen and oxygen atoms in total. The summed E-state index contributed by atoms with van der Waals surface area (Å²) in [5.41, 5.74) is 1.96. The molecule has 1 amide bonds. The Labute approximate surface area is 150 Å². The van der Waals surface area contributed by atoms with Crippen LogP contribution in [0.25, 0.3) is 6.08 Å². The van der Waals surface area contributed by atoms with Crippen LogP contribution in [0.3, 0.4) is 0 Å². The number of nitrogens with one attached hydrogen (secondary N) is 1. The molecule has 1 aliphatic heterocycles. The number of aliphatic imine (C=N–C) groups is 1. The van der Waals surface area contributed by atoms with E-state index in [0.717, 1.165) is 11.1 Å². The standard InChI is InChI=1S/C19H18N2O3S/c1-23-15-9-8-14(10-16(15)24-2)11-17-18(22)21-19(25-17)20-12-13-6-4-3-5-7-13/h3-11H,12H2,1-2H3,(H,20,21,22)/b17-11-. The SMILES string of the molecule is COc1ccc(/C=C2\SC(=NCc3ccccc3)NC2=O)cc1OC. The summed E-state index contributed by atoms with van der Waals surface area (Å²) in [4.78, 5) is 17.2. The fourth-order valence-electron chi connectivity index (χ4n) is 2.34. The van der Waals surface area contributed by atoms with E-state index in [1.165, 1.54) is 11.8 Å². The molecule has 0 aromatic heterocycles. The molecule has 1 heterocycles. The molecule has 6 heteroatoms. The Morgan fingerprint density at radius 1 is 1.08 bits per heavy atom. The number of hydrogen-bond donors (Lipinski definition) is 1. The molecule has 1 N–H and O–H groups in total. The van der Waals surface area contributed by atoms with Gasteiger partial charge in [-0.1, -0.05) is 36.4 Å². The highest BCUT2D eigenvalue weighted by atomic mass is 32.2. The predicted molar refractivity (Wildman–Crippen MR) is 101 cm³/mol. The van der Waals surface area contributed by atoms with Crippen LogP contribution in [-0.2, 0) is 11.3 Å². The molecular weight excluding hydrogens is 336 g/mol. The van der Waals surface area contributed by atoms with Crippen LogP contribution in [0.4, 0.5) is 0 Å². The fourth-order valence-corrected chi connectivity index (χ4v) is 3.16. The smallest absolute Gasteiger partial charge is 0.264 e. The molecule has 0 bridgehead atoms. The monoisotopic (exact) mass is 354 g/mol. The Balaban J connectivity index is 1.75. The topological polar surface area (TPSA) is 59.9 Å². The van der Waals surface area contributed by atoms with E-state index < -0.39 is 0 Å². The van der Waals surface area contributed by atoms with Gasteiger partial charge in [-0.05, 0) is 41.1 Å². The summed E-state index contributed by atoms with van der Waals surface area (Å²) in [6, 6.07) is 15.4. The number of carbonyl (C=O) groups excluding carboxylic acids is 1. The van der Waals surface area contributed by atoms with Gasteiger partial charge in [-0.25, -0.2) is 0 Å². The first kappa shape index (κ1) is 17.1. The minimum atomic E-state index is -0.147. The number of benzene rings is 2. The first-order chi connectivity index (χ1) is 12.2. The summed E-state index contributed by atoms with van der Waals surface area (Å²) >= 11 is 1.33. The van der Waals surface area contributed by atoms with Crippen molar-refractivity contribution in [1.82, 2.24) is 5.32 Å². The van der Waals surface area contributed by atoms with Crippen LogP contribution in [0.2, 0.25) is 0 Å². The normalized spacial score (nSPS) is 17.0. The second-order valence-corrected chi connectivity index (χ2v) is 6.32. The lowest BCUT2D eigenvalue weighted by molar-refractivity contribution is -0.115. The Morgan fingerprint density at radius 3 is 2.56 bits per heavy atom. The third kappa shape index (κ3) is 4.22. The number of amidine groups is 1. The number of ether oxygens (including phenoxy) is 2. The zero-order chi connectivity index (χ0) is 17.6. The zero-order valence-corrected chi connectivity index (χ0v) is 14.8. The Morgan fingerprint density at radius 2 is 1.84 bits per heavy atom. The second kappa shape index (κ2) is 7.90. The predicted octanol–water partition coefficient (Wildman–Crippen LogP) is 3.46. The zero-order valence-electron chi connectivity index (χ0n) is 14.0.